The van der Waals surface area contributed by atoms with E-state index in [1.807, 2.05) is 6.92 Å². The van der Waals surface area contributed by atoms with Crippen molar-refractivity contribution in [3.05, 3.63) is 0 Å². The van der Waals surface area contributed by atoms with E-state index in [2.05, 4.69) is 24.1 Å². The van der Waals surface area contributed by atoms with E-state index in [9.17, 15) is 4.79 Å². The van der Waals surface area contributed by atoms with E-state index in [-0.39, 0.29) is 18.0 Å². The predicted octanol–water partition coefficient (Wildman–Crippen LogP) is 0.960. The van der Waals surface area contributed by atoms with Crippen molar-refractivity contribution in [3.63, 3.8) is 0 Å². The average molecular weight is 241 g/mol. The second-order valence-electron chi connectivity index (χ2n) is 5.18. The summed E-state index contributed by atoms with van der Waals surface area (Å²) in [5, 5.41) is 3.01. The molecule has 0 aliphatic heterocycles. The van der Waals surface area contributed by atoms with Crippen LogP contribution in [0.2, 0.25) is 0 Å². The minimum atomic E-state index is -0.318. The van der Waals surface area contributed by atoms with Gasteiger partial charge in [-0.3, -0.25) is 4.79 Å². The van der Waals surface area contributed by atoms with Crippen LogP contribution in [0.15, 0.2) is 0 Å². The molecule has 1 amide bonds. The van der Waals surface area contributed by atoms with Gasteiger partial charge < -0.3 is 16.0 Å². The molecule has 100 valence electrons. The molecule has 1 fully saturated rings. The lowest BCUT2D eigenvalue weighted by Gasteiger charge is -2.24. The molecule has 2 atom stereocenters. The summed E-state index contributed by atoms with van der Waals surface area (Å²) in [7, 11) is 0. The van der Waals surface area contributed by atoms with Gasteiger partial charge in [0.15, 0.2) is 0 Å². The van der Waals surface area contributed by atoms with Crippen LogP contribution < -0.4 is 11.1 Å². The Morgan fingerprint density at radius 3 is 2.47 bits per heavy atom. The second-order valence-corrected chi connectivity index (χ2v) is 5.18. The average Bonchev–Trinajstić information content (AvgIpc) is 3.09. The van der Waals surface area contributed by atoms with Crippen molar-refractivity contribution in [1.29, 1.82) is 0 Å². The van der Waals surface area contributed by atoms with Crippen molar-refractivity contribution in [2.24, 2.45) is 11.7 Å². The molecule has 1 rings (SSSR count). The smallest absolute Gasteiger partial charge is 0.237 e. The molecule has 1 aliphatic rings. The summed E-state index contributed by atoms with van der Waals surface area (Å²) in [6.45, 7) is 9.25. The number of nitrogens with one attached hydrogen (secondary N) is 1. The van der Waals surface area contributed by atoms with Crippen LogP contribution >= 0.6 is 0 Å². The maximum atomic E-state index is 11.8. The van der Waals surface area contributed by atoms with Gasteiger partial charge in [-0.2, -0.15) is 0 Å². The number of hydrogen-bond acceptors (Lipinski definition) is 3. The first kappa shape index (κ1) is 14.5. The maximum absolute atomic E-state index is 11.8. The number of hydrogen-bond donors (Lipinski definition) is 2. The van der Waals surface area contributed by atoms with Crippen molar-refractivity contribution in [1.82, 2.24) is 10.2 Å². The number of nitrogens with zero attached hydrogens (tertiary/aromatic N) is 1. The van der Waals surface area contributed by atoms with Crippen molar-refractivity contribution < 1.29 is 4.79 Å². The van der Waals surface area contributed by atoms with E-state index in [1.165, 1.54) is 12.8 Å². The third-order valence-corrected chi connectivity index (χ3v) is 3.44. The highest BCUT2D eigenvalue weighted by atomic mass is 16.2. The van der Waals surface area contributed by atoms with Gasteiger partial charge in [0.25, 0.3) is 0 Å². The monoisotopic (exact) mass is 241 g/mol. The number of nitrogens with two attached hydrogens (primary N) is 1. The van der Waals surface area contributed by atoms with Crippen molar-refractivity contribution >= 4 is 5.91 Å². The fourth-order valence-electron chi connectivity index (χ4n) is 2.08. The van der Waals surface area contributed by atoms with E-state index < -0.39 is 0 Å². The number of rotatable bonds is 8. The van der Waals surface area contributed by atoms with Crippen LogP contribution in [-0.4, -0.2) is 42.5 Å². The summed E-state index contributed by atoms with van der Waals surface area (Å²) >= 11 is 0. The highest BCUT2D eigenvalue weighted by Crippen LogP contribution is 2.33. The van der Waals surface area contributed by atoms with E-state index in [4.69, 9.17) is 5.73 Å². The highest BCUT2D eigenvalue weighted by molar-refractivity contribution is 5.81. The van der Waals surface area contributed by atoms with Gasteiger partial charge in [0, 0.05) is 12.6 Å². The van der Waals surface area contributed by atoms with E-state index in [1.54, 1.807) is 0 Å². The summed E-state index contributed by atoms with van der Waals surface area (Å²) in [6.07, 6.45) is 3.34. The normalized spacial score (nSPS) is 19.1. The predicted molar refractivity (Wildman–Crippen MR) is 70.7 cm³/mol. The van der Waals surface area contributed by atoms with Gasteiger partial charge in [0.05, 0.1) is 6.04 Å². The van der Waals surface area contributed by atoms with E-state index in [0.717, 1.165) is 26.1 Å². The van der Waals surface area contributed by atoms with Crippen LogP contribution in [0.25, 0.3) is 0 Å². The molecule has 1 saturated carbocycles. The Balaban J connectivity index is 2.23. The van der Waals surface area contributed by atoms with Crippen molar-refractivity contribution in [2.75, 3.05) is 19.6 Å². The molecule has 0 bridgehead atoms. The first-order valence-corrected chi connectivity index (χ1v) is 6.85. The summed E-state index contributed by atoms with van der Waals surface area (Å²) in [4.78, 5) is 14.1. The summed E-state index contributed by atoms with van der Waals surface area (Å²) in [5.74, 6) is 0.713. The third-order valence-electron chi connectivity index (χ3n) is 3.44. The first-order valence-electron chi connectivity index (χ1n) is 6.85. The fourth-order valence-corrected chi connectivity index (χ4v) is 2.08. The zero-order chi connectivity index (χ0) is 12.8. The van der Waals surface area contributed by atoms with Crippen LogP contribution in [0.4, 0.5) is 0 Å². The number of carbonyl (C=O) groups is 1. The molecule has 0 aromatic carbocycles. The lowest BCUT2D eigenvalue weighted by Crippen LogP contribution is -2.48. The highest BCUT2D eigenvalue weighted by Gasteiger charge is 2.27. The van der Waals surface area contributed by atoms with Gasteiger partial charge in [-0.05, 0) is 32.4 Å². The van der Waals surface area contributed by atoms with Crippen LogP contribution in [0.1, 0.15) is 40.0 Å². The summed E-state index contributed by atoms with van der Waals surface area (Å²) in [6, 6.07) is -0.144. The fraction of sp³-hybridized carbons (Fsp3) is 0.923. The molecule has 1 unspecified atom stereocenters. The molecule has 3 N–H and O–H groups in total. The molecule has 4 nitrogen and oxygen atoms in total. The van der Waals surface area contributed by atoms with Crippen molar-refractivity contribution in [2.45, 2.75) is 52.1 Å². The Morgan fingerprint density at radius 2 is 2.00 bits per heavy atom. The molecule has 0 radical (unpaired) electrons. The van der Waals surface area contributed by atoms with Gasteiger partial charge in [0.1, 0.15) is 0 Å². The zero-order valence-electron chi connectivity index (χ0n) is 11.4. The minimum absolute atomic E-state index is 0.0107. The van der Waals surface area contributed by atoms with Crippen LogP contribution in [0.5, 0.6) is 0 Å². The molecule has 17 heavy (non-hydrogen) atoms. The van der Waals surface area contributed by atoms with Crippen molar-refractivity contribution in [3.8, 4) is 0 Å². The van der Waals surface area contributed by atoms with Gasteiger partial charge in [-0.15, -0.1) is 0 Å². The van der Waals surface area contributed by atoms with Gasteiger partial charge in [0.2, 0.25) is 5.91 Å². The van der Waals surface area contributed by atoms with Gasteiger partial charge >= 0.3 is 0 Å². The topological polar surface area (TPSA) is 58.4 Å². The third kappa shape index (κ3) is 5.50. The molecular formula is C13H27N3O. The first-order chi connectivity index (χ1) is 8.06. The molecule has 0 aromatic rings. The standard InChI is InChI=1S/C13H27N3O/c1-4-16(5-2)9-10(3)15-13(17)12(14)8-11-6-7-11/h10-12H,4-9,14H2,1-3H3,(H,15,17)/t10?,12-/m0/s1. The maximum Gasteiger partial charge on any atom is 0.237 e. The summed E-state index contributed by atoms with van der Waals surface area (Å²) < 4.78 is 0. The van der Waals surface area contributed by atoms with Gasteiger partial charge in [-0.25, -0.2) is 0 Å². The molecular weight excluding hydrogens is 214 g/mol. The number of amides is 1. The molecule has 4 heteroatoms. The van der Waals surface area contributed by atoms with E-state index in [0.29, 0.717) is 5.92 Å². The quantitative estimate of drug-likeness (QED) is 0.665. The molecule has 1 aliphatic carbocycles. The Kier molecular flexibility index (Phi) is 5.92. The number of carbonyl (C=O) groups excluding carboxylic acids is 1. The minimum Gasteiger partial charge on any atom is -0.351 e. The molecule has 0 aromatic heterocycles. The largest absolute Gasteiger partial charge is 0.351 e. The molecule has 0 heterocycles. The van der Waals surface area contributed by atoms with Crippen LogP contribution in [0.3, 0.4) is 0 Å². The Morgan fingerprint density at radius 1 is 1.41 bits per heavy atom. The SMILES string of the molecule is CCN(CC)CC(C)NC(=O)[C@@H](N)CC1CC1. The molecule has 0 spiro atoms. The molecule has 0 saturated heterocycles. The number of likely N-dealkylation sites (N-methyl/N-ethyl adjacent to an activating group) is 1. The Labute approximate surface area is 105 Å². The Bertz CT molecular complexity index is 237. The lowest BCUT2D eigenvalue weighted by molar-refractivity contribution is -0.123. The second kappa shape index (κ2) is 6.97. The van der Waals surface area contributed by atoms with Crippen LogP contribution in [0, 0.1) is 5.92 Å². The Hall–Kier alpha value is -0.610. The zero-order valence-corrected chi connectivity index (χ0v) is 11.4. The van der Waals surface area contributed by atoms with Crippen LogP contribution in [-0.2, 0) is 4.79 Å². The lowest BCUT2D eigenvalue weighted by atomic mass is 10.1. The van der Waals surface area contributed by atoms with Gasteiger partial charge in [-0.1, -0.05) is 26.7 Å². The van der Waals surface area contributed by atoms with E-state index >= 15 is 0 Å². The summed E-state index contributed by atoms with van der Waals surface area (Å²) in [5.41, 5.74) is 5.88.